The second-order valence-electron chi connectivity index (χ2n) is 6.17. The SMILES string of the molecule is CCN(CC(F)(F)F)C1CCCC(CO)(NC(C)C)C1. The summed E-state index contributed by atoms with van der Waals surface area (Å²) in [5.74, 6) is 0. The number of aliphatic hydroxyl groups excluding tert-OH is 1. The molecule has 2 atom stereocenters. The van der Waals surface area contributed by atoms with Crippen LogP contribution in [-0.2, 0) is 0 Å². The molecule has 1 aliphatic carbocycles. The van der Waals surface area contributed by atoms with Crippen molar-refractivity contribution in [2.45, 2.75) is 70.3 Å². The van der Waals surface area contributed by atoms with E-state index in [2.05, 4.69) is 5.32 Å². The maximum Gasteiger partial charge on any atom is 0.401 e. The molecule has 0 aromatic heterocycles. The van der Waals surface area contributed by atoms with E-state index in [1.165, 1.54) is 4.90 Å². The Morgan fingerprint density at radius 2 is 2.05 bits per heavy atom. The van der Waals surface area contributed by atoms with Crippen molar-refractivity contribution in [3.63, 3.8) is 0 Å². The molecule has 0 saturated heterocycles. The Balaban J connectivity index is 2.75. The average Bonchev–Trinajstić information content (AvgIpc) is 2.34. The molecular weight excluding hydrogens is 269 g/mol. The molecule has 1 fully saturated rings. The lowest BCUT2D eigenvalue weighted by molar-refractivity contribution is -0.153. The summed E-state index contributed by atoms with van der Waals surface area (Å²) >= 11 is 0. The van der Waals surface area contributed by atoms with Crippen molar-refractivity contribution in [1.29, 1.82) is 0 Å². The summed E-state index contributed by atoms with van der Waals surface area (Å²) in [6, 6.07) is 0.0902. The Labute approximate surface area is 119 Å². The molecule has 2 N–H and O–H groups in total. The molecule has 0 heterocycles. The second-order valence-corrected chi connectivity index (χ2v) is 6.17. The van der Waals surface area contributed by atoms with Gasteiger partial charge in [-0.3, -0.25) is 4.90 Å². The van der Waals surface area contributed by atoms with Crippen LogP contribution in [0.1, 0.15) is 46.5 Å². The van der Waals surface area contributed by atoms with Crippen LogP contribution in [0, 0.1) is 0 Å². The zero-order chi connectivity index (χ0) is 15.4. The number of nitrogens with one attached hydrogen (secondary N) is 1. The number of rotatable bonds is 6. The van der Waals surface area contributed by atoms with Crippen LogP contribution in [0.5, 0.6) is 0 Å². The molecule has 20 heavy (non-hydrogen) atoms. The third-order valence-electron chi connectivity index (χ3n) is 4.02. The number of alkyl halides is 3. The molecule has 120 valence electrons. The number of hydrogen-bond donors (Lipinski definition) is 2. The maximum absolute atomic E-state index is 12.6. The third-order valence-corrected chi connectivity index (χ3v) is 4.02. The van der Waals surface area contributed by atoms with Crippen LogP contribution in [0.25, 0.3) is 0 Å². The molecule has 3 nitrogen and oxygen atoms in total. The van der Waals surface area contributed by atoms with Gasteiger partial charge in [-0.05, 0) is 32.2 Å². The van der Waals surface area contributed by atoms with Gasteiger partial charge in [0.15, 0.2) is 0 Å². The highest BCUT2D eigenvalue weighted by molar-refractivity contribution is 4.97. The van der Waals surface area contributed by atoms with Crippen molar-refractivity contribution in [3.05, 3.63) is 0 Å². The van der Waals surface area contributed by atoms with Gasteiger partial charge in [-0.2, -0.15) is 13.2 Å². The van der Waals surface area contributed by atoms with Gasteiger partial charge in [0, 0.05) is 17.6 Å². The van der Waals surface area contributed by atoms with Gasteiger partial charge in [-0.15, -0.1) is 0 Å². The van der Waals surface area contributed by atoms with Crippen molar-refractivity contribution >= 4 is 0 Å². The molecule has 1 aliphatic rings. The van der Waals surface area contributed by atoms with Crippen molar-refractivity contribution < 1.29 is 18.3 Å². The van der Waals surface area contributed by atoms with E-state index < -0.39 is 18.3 Å². The highest BCUT2D eigenvalue weighted by Crippen LogP contribution is 2.32. The average molecular weight is 296 g/mol. The summed E-state index contributed by atoms with van der Waals surface area (Å²) in [5.41, 5.74) is -0.434. The lowest BCUT2D eigenvalue weighted by Crippen LogP contribution is -2.58. The first kappa shape index (κ1) is 17.7. The fourth-order valence-electron chi connectivity index (χ4n) is 3.31. The fraction of sp³-hybridized carbons (Fsp3) is 1.00. The predicted molar refractivity (Wildman–Crippen MR) is 73.6 cm³/mol. The number of aliphatic hydroxyl groups is 1. The molecule has 2 unspecified atom stereocenters. The molecular formula is C14H27F3N2O. The molecule has 1 saturated carbocycles. The van der Waals surface area contributed by atoms with Gasteiger partial charge in [0.25, 0.3) is 0 Å². The van der Waals surface area contributed by atoms with E-state index >= 15 is 0 Å². The van der Waals surface area contributed by atoms with Crippen LogP contribution in [0.15, 0.2) is 0 Å². The Kier molecular flexibility index (Phi) is 6.28. The Morgan fingerprint density at radius 1 is 1.40 bits per heavy atom. The molecule has 0 bridgehead atoms. The van der Waals surface area contributed by atoms with E-state index in [1.54, 1.807) is 6.92 Å². The molecule has 1 rings (SSSR count). The van der Waals surface area contributed by atoms with E-state index in [0.717, 1.165) is 19.3 Å². The normalized spacial score (nSPS) is 28.4. The number of hydrogen-bond acceptors (Lipinski definition) is 3. The number of nitrogens with zero attached hydrogens (tertiary/aromatic N) is 1. The monoisotopic (exact) mass is 296 g/mol. The molecule has 0 aliphatic heterocycles. The summed E-state index contributed by atoms with van der Waals surface area (Å²) in [4.78, 5) is 1.49. The zero-order valence-corrected chi connectivity index (χ0v) is 12.6. The van der Waals surface area contributed by atoms with Crippen molar-refractivity contribution in [3.8, 4) is 0 Å². The van der Waals surface area contributed by atoms with E-state index in [-0.39, 0.29) is 18.7 Å². The first-order valence-corrected chi connectivity index (χ1v) is 7.41. The van der Waals surface area contributed by atoms with Crippen LogP contribution >= 0.6 is 0 Å². The summed E-state index contributed by atoms with van der Waals surface area (Å²) < 4.78 is 37.9. The highest BCUT2D eigenvalue weighted by atomic mass is 19.4. The quantitative estimate of drug-likeness (QED) is 0.790. The van der Waals surface area contributed by atoms with E-state index in [1.807, 2.05) is 13.8 Å². The molecule has 0 aromatic carbocycles. The van der Waals surface area contributed by atoms with Gasteiger partial charge in [-0.25, -0.2) is 0 Å². The summed E-state index contributed by atoms with van der Waals surface area (Å²) in [5, 5.41) is 13.1. The molecule has 0 radical (unpaired) electrons. The third kappa shape index (κ3) is 5.22. The van der Waals surface area contributed by atoms with Crippen LogP contribution in [-0.4, -0.2) is 53.5 Å². The van der Waals surface area contributed by atoms with E-state index in [0.29, 0.717) is 13.0 Å². The van der Waals surface area contributed by atoms with Gasteiger partial charge < -0.3 is 10.4 Å². The number of halogens is 3. The second kappa shape index (κ2) is 7.09. The van der Waals surface area contributed by atoms with Crippen LogP contribution in [0.2, 0.25) is 0 Å². The largest absolute Gasteiger partial charge is 0.401 e. The van der Waals surface area contributed by atoms with Gasteiger partial charge in [-0.1, -0.05) is 20.8 Å². The lowest BCUT2D eigenvalue weighted by atomic mass is 9.78. The minimum atomic E-state index is -4.17. The van der Waals surface area contributed by atoms with Crippen LogP contribution < -0.4 is 5.32 Å². The molecule has 6 heteroatoms. The first-order valence-electron chi connectivity index (χ1n) is 7.41. The van der Waals surface area contributed by atoms with Gasteiger partial charge >= 0.3 is 6.18 Å². The summed E-state index contributed by atoms with van der Waals surface area (Å²) in [6.45, 7) is 5.25. The van der Waals surface area contributed by atoms with Crippen molar-refractivity contribution in [2.24, 2.45) is 0 Å². The van der Waals surface area contributed by atoms with Gasteiger partial charge in [0.1, 0.15) is 0 Å². The molecule has 0 aromatic rings. The first-order chi connectivity index (χ1) is 9.21. The summed E-state index contributed by atoms with van der Waals surface area (Å²) in [6.07, 6.45) is -1.15. The topological polar surface area (TPSA) is 35.5 Å². The van der Waals surface area contributed by atoms with Crippen molar-refractivity contribution in [2.75, 3.05) is 19.7 Å². The molecule has 0 amide bonds. The Morgan fingerprint density at radius 3 is 2.50 bits per heavy atom. The Bertz CT molecular complexity index is 297. The van der Waals surface area contributed by atoms with Gasteiger partial charge in [0.05, 0.1) is 13.2 Å². The fourth-order valence-corrected chi connectivity index (χ4v) is 3.31. The zero-order valence-electron chi connectivity index (χ0n) is 12.6. The van der Waals surface area contributed by atoms with E-state index in [9.17, 15) is 18.3 Å². The van der Waals surface area contributed by atoms with Crippen LogP contribution in [0.3, 0.4) is 0 Å². The smallest absolute Gasteiger partial charge is 0.394 e. The van der Waals surface area contributed by atoms with Crippen LogP contribution in [0.4, 0.5) is 13.2 Å². The standard InChI is InChI=1S/C14H27F3N2O/c1-4-19(9-14(15,16)17)12-6-5-7-13(8-12,10-20)18-11(2)3/h11-12,18,20H,4-10H2,1-3H3. The minimum Gasteiger partial charge on any atom is -0.394 e. The van der Waals surface area contributed by atoms with E-state index in [4.69, 9.17) is 0 Å². The predicted octanol–water partition coefficient (Wildman–Crippen LogP) is 2.54. The van der Waals surface area contributed by atoms with Crippen molar-refractivity contribution in [1.82, 2.24) is 10.2 Å². The summed E-state index contributed by atoms with van der Waals surface area (Å²) in [7, 11) is 0. The lowest BCUT2D eigenvalue weighted by Gasteiger charge is -2.45. The minimum absolute atomic E-state index is 0.0226. The Hall–Kier alpha value is -0.330. The van der Waals surface area contributed by atoms with Gasteiger partial charge in [0.2, 0.25) is 0 Å². The highest BCUT2D eigenvalue weighted by Gasteiger charge is 2.40. The maximum atomic E-state index is 12.6. The molecule has 0 spiro atoms.